The molecule has 1 amide bonds. The highest BCUT2D eigenvalue weighted by Gasteiger charge is 2.03. The van der Waals surface area contributed by atoms with Crippen molar-refractivity contribution in [2.75, 3.05) is 13.1 Å². The molecule has 5 heteroatoms. The zero-order valence-electron chi connectivity index (χ0n) is 14.7. The van der Waals surface area contributed by atoms with E-state index in [9.17, 15) is 4.79 Å². The van der Waals surface area contributed by atoms with E-state index in [1.54, 1.807) is 12.1 Å². The largest absolute Gasteiger partial charge is 0.439 e. The fourth-order valence-corrected chi connectivity index (χ4v) is 2.19. The fraction of sp³-hybridized carbons (Fsp3) is 0.300. The van der Waals surface area contributed by atoms with Gasteiger partial charge in [-0.25, -0.2) is 4.98 Å². The molecule has 0 aliphatic rings. The maximum Gasteiger partial charge on any atom is 0.250 e. The number of ether oxygens (including phenoxy) is 1. The van der Waals surface area contributed by atoms with Crippen molar-refractivity contribution in [1.82, 2.24) is 10.3 Å². The lowest BCUT2D eigenvalue weighted by Crippen LogP contribution is -2.17. The van der Waals surface area contributed by atoms with Crippen molar-refractivity contribution >= 4 is 5.91 Å². The van der Waals surface area contributed by atoms with Crippen LogP contribution in [0.1, 0.15) is 29.8 Å². The lowest BCUT2D eigenvalue weighted by molar-refractivity contribution is 0.1000. The van der Waals surface area contributed by atoms with Crippen LogP contribution >= 0.6 is 0 Å². The van der Waals surface area contributed by atoms with Gasteiger partial charge >= 0.3 is 0 Å². The third-order valence-corrected chi connectivity index (χ3v) is 3.54. The number of pyridine rings is 1. The van der Waals surface area contributed by atoms with Crippen LogP contribution in [0.25, 0.3) is 0 Å². The molecule has 0 radical (unpaired) electrons. The van der Waals surface area contributed by atoms with Gasteiger partial charge in [0.2, 0.25) is 11.8 Å². The number of benzene rings is 1. The molecule has 1 heterocycles. The first-order chi connectivity index (χ1) is 12.0. The fourth-order valence-electron chi connectivity index (χ4n) is 2.19. The Hall–Kier alpha value is -2.66. The van der Waals surface area contributed by atoms with E-state index in [0.29, 0.717) is 23.1 Å². The highest BCUT2D eigenvalue weighted by molar-refractivity contribution is 5.92. The summed E-state index contributed by atoms with van der Waals surface area (Å²) in [7, 11) is 0. The maximum atomic E-state index is 11.0. The van der Waals surface area contributed by atoms with Crippen LogP contribution in [0, 0.1) is 5.92 Å². The Morgan fingerprint density at radius 3 is 2.60 bits per heavy atom. The number of nitrogens with zero attached hydrogens (tertiary/aromatic N) is 1. The number of aromatic nitrogens is 1. The standard InChI is InChI=1S/C20H25N3O2/c1-15(2)4-3-12-22-13-11-16-5-8-18(9-6-16)25-19-10-7-17(14-23-19)20(21)24/h3-10,14-15,22H,11-13H2,1-2H3,(H2,21,24). The number of nitrogens with one attached hydrogen (secondary N) is 1. The van der Waals surface area contributed by atoms with Gasteiger partial charge in [-0.1, -0.05) is 38.1 Å². The first-order valence-corrected chi connectivity index (χ1v) is 8.44. The van der Waals surface area contributed by atoms with Crippen LogP contribution in [-0.2, 0) is 6.42 Å². The smallest absolute Gasteiger partial charge is 0.250 e. The third-order valence-electron chi connectivity index (χ3n) is 3.54. The molecule has 0 spiro atoms. The molecule has 5 nitrogen and oxygen atoms in total. The van der Waals surface area contributed by atoms with E-state index in [-0.39, 0.29) is 0 Å². The predicted octanol–water partition coefficient (Wildman–Crippen LogP) is 3.32. The van der Waals surface area contributed by atoms with Gasteiger partial charge in [0.25, 0.3) is 0 Å². The Morgan fingerprint density at radius 2 is 2.00 bits per heavy atom. The van der Waals surface area contributed by atoms with Crippen LogP contribution in [0.15, 0.2) is 54.7 Å². The second-order valence-corrected chi connectivity index (χ2v) is 6.12. The normalized spacial score (nSPS) is 11.2. The number of carbonyl (C=O) groups excluding carboxylic acids is 1. The topological polar surface area (TPSA) is 77.2 Å². The summed E-state index contributed by atoms with van der Waals surface area (Å²) < 4.78 is 5.66. The van der Waals surface area contributed by atoms with E-state index in [4.69, 9.17) is 10.5 Å². The second kappa shape index (κ2) is 9.59. The molecular formula is C20H25N3O2. The Morgan fingerprint density at radius 1 is 1.24 bits per heavy atom. The van der Waals surface area contributed by atoms with E-state index in [2.05, 4.69) is 36.3 Å². The van der Waals surface area contributed by atoms with E-state index in [1.807, 2.05) is 24.3 Å². The summed E-state index contributed by atoms with van der Waals surface area (Å²) >= 11 is 0. The molecule has 1 aromatic carbocycles. The molecule has 132 valence electrons. The van der Waals surface area contributed by atoms with Crippen molar-refractivity contribution in [2.24, 2.45) is 11.7 Å². The summed E-state index contributed by atoms with van der Waals surface area (Å²) in [5.41, 5.74) is 6.78. The summed E-state index contributed by atoms with van der Waals surface area (Å²) in [4.78, 5) is 15.1. The molecule has 2 rings (SSSR count). The van der Waals surface area contributed by atoms with Gasteiger partial charge in [-0.15, -0.1) is 0 Å². The van der Waals surface area contributed by atoms with Crippen LogP contribution in [0.5, 0.6) is 11.6 Å². The molecule has 0 atom stereocenters. The molecule has 0 aliphatic heterocycles. The molecular weight excluding hydrogens is 314 g/mol. The number of amides is 1. The number of allylic oxidation sites excluding steroid dienone is 1. The average molecular weight is 339 g/mol. The molecule has 0 saturated carbocycles. The number of primary amides is 1. The average Bonchev–Trinajstić information content (AvgIpc) is 2.59. The zero-order chi connectivity index (χ0) is 18.1. The quantitative estimate of drug-likeness (QED) is 0.543. The van der Waals surface area contributed by atoms with Crippen molar-refractivity contribution < 1.29 is 9.53 Å². The lowest BCUT2D eigenvalue weighted by Gasteiger charge is -2.07. The Balaban J connectivity index is 1.78. The van der Waals surface area contributed by atoms with E-state index < -0.39 is 5.91 Å². The molecule has 0 unspecified atom stereocenters. The summed E-state index contributed by atoms with van der Waals surface area (Å²) in [5.74, 6) is 1.22. The molecule has 0 aliphatic carbocycles. The van der Waals surface area contributed by atoms with Gasteiger partial charge in [0.1, 0.15) is 5.75 Å². The van der Waals surface area contributed by atoms with E-state index >= 15 is 0 Å². The van der Waals surface area contributed by atoms with Gasteiger partial charge in [-0.05, 0) is 42.6 Å². The van der Waals surface area contributed by atoms with Crippen molar-refractivity contribution in [3.05, 3.63) is 65.9 Å². The third kappa shape index (κ3) is 6.77. The maximum absolute atomic E-state index is 11.0. The number of nitrogens with two attached hydrogens (primary N) is 1. The molecule has 0 saturated heterocycles. The predicted molar refractivity (Wildman–Crippen MR) is 99.8 cm³/mol. The number of hydrogen-bond donors (Lipinski definition) is 2. The van der Waals surface area contributed by atoms with Gasteiger partial charge in [0.15, 0.2) is 0 Å². The van der Waals surface area contributed by atoms with Crippen molar-refractivity contribution in [1.29, 1.82) is 0 Å². The molecule has 2 aromatic rings. The zero-order valence-corrected chi connectivity index (χ0v) is 14.7. The summed E-state index contributed by atoms with van der Waals surface area (Å²) in [5, 5.41) is 3.39. The minimum Gasteiger partial charge on any atom is -0.439 e. The Kier molecular flexibility index (Phi) is 7.16. The molecule has 0 bridgehead atoms. The van der Waals surface area contributed by atoms with Gasteiger partial charge in [-0.3, -0.25) is 4.79 Å². The van der Waals surface area contributed by atoms with Gasteiger partial charge in [-0.2, -0.15) is 0 Å². The van der Waals surface area contributed by atoms with Crippen LogP contribution < -0.4 is 15.8 Å². The Bertz CT molecular complexity index is 692. The van der Waals surface area contributed by atoms with Gasteiger partial charge in [0.05, 0.1) is 5.56 Å². The van der Waals surface area contributed by atoms with Crippen LogP contribution in [0.2, 0.25) is 0 Å². The summed E-state index contributed by atoms with van der Waals surface area (Å²) in [6.07, 6.45) is 6.73. The summed E-state index contributed by atoms with van der Waals surface area (Å²) in [6, 6.07) is 11.1. The van der Waals surface area contributed by atoms with Crippen LogP contribution in [0.4, 0.5) is 0 Å². The first kappa shape index (κ1) is 18.7. The van der Waals surface area contributed by atoms with Crippen LogP contribution in [-0.4, -0.2) is 24.0 Å². The van der Waals surface area contributed by atoms with Gasteiger partial charge < -0.3 is 15.8 Å². The van der Waals surface area contributed by atoms with Crippen molar-refractivity contribution in [2.45, 2.75) is 20.3 Å². The van der Waals surface area contributed by atoms with Crippen LogP contribution in [0.3, 0.4) is 0 Å². The lowest BCUT2D eigenvalue weighted by atomic mass is 10.1. The molecule has 3 N–H and O–H groups in total. The molecule has 1 aromatic heterocycles. The SMILES string of the molecule is CC(C)C=CCNCCc1ccc(Oc2ccc(C(N)=O)cn2)cc1. The second-order valence-electron chi connectivity index (χ2n) is 6.12. The minimum atomic E-state index is -0.503. The minimum absolute atomic E-state index is 0.360. The van der Waals surface area contributed by atoms with E-state index in [1.165, 1.54) is 11.8 Å². The monoisotopic (exact) mass is 339 g/mol. The number of hydrogen-bond acceptors (Lipinski definition) is 4. The highest BCUT2D eigenvalue weighted by Crippen LogP contribution is 2.20. The first-order valence-electron chi connectivity index (χ1n) is 8.44. The Labute approximate surface area is 148 Å². The molecule has 25 heavy (non-hydrogen) atoms. The highest BCUT2D eigenvalue weighted by atomic mass is 16.5. The van der Waals surface area contributed by atoms with Crippen molar-refractivity contribution in [3.8, 4) is 11.6 Å². The number of carbonyl (C=O) groups is 1. The van der Waals surface area contributed by atoms with Crippen molar-refractivity contribution in [3.63, 3.8) is 0 Å². The van der Waals surface area contributed by atoms with E-state index in [0.717, 1.165) is 19.5 Å². The summed E-state index contributed by atoms with van der Waals surface area (Å²) in [6.45, 7) is 6.16. The van der Waals surface area contributed by atoms with Gasteiger partial charge in [0, 0.05) is 18.8 Å². The molecule has 0 fully saturated rings. The number of rotatable bonds is 9.